The molecule has 3 rings (SSSR count). The highest BCUT2D eigenvalue weighted by Gasteiger charge is 2.24. The second-order valence-corrected chi connectivity index (χ2v) is 7.81. The number of piperidine rings is 2. The molecule has 2 aliphatic rings. The molecule has 0 radical (unpaired) electrons. The number of amides is 1. The molecule has 9 heteroatoms. The molecule has 0 bridgehead atoms. The highest BCUT2D eigenvalue weighted by Crippen LogP contribution is 2.24. The number of rotatable bonds is 5. The van der Waals surface area contributed by atoms with Gasteiger partial charge in [-0.3, -0.25) is 0 Å². The van der Waals surface area contributed by atoms with Gasteiger partial charge in [-0.1, -0.05) is 6.07 Å². The number of hydrogen-bond donors (Lipinski definition) is 3. The standard InChI is InChI=1S/C21H32FN5O3/c1-2-30-21(29)27-9-5-16(6-10-27)25-20(23)24-14-15-3-4-19(18(22)13-15)26-11-7-17(28)8-12-26/h3-4,13,16-17,28H,2,5-12,14H2,1H3,(H3,23,24,25). The number of nitrogens with two attached hydrogens (primary N) is 1. The van der Waals surface area contributed by atoms with Crippen LogP contribution in [0.1, 0.15) is 38.2 Å². The normalized spacial score (nSPS) is 19.1. The van der Waals surface area contributed by atoms with E-state index < -0.39 is 0 Å². The first-order valence-electron chi connectivity index (χ1n) is 10.7. The molecule has 0 unspecified atom stereocenters. The summed E-state index contributed by atoms with van der Waals surface area (Å²) < 4.78 is 19.6. The molecule has 8 nitrogen and oxygen atoms in total. The second-order valence-electron chi connectivity index (χ2n) is 7.81. The summed E-state index contributed by atoms with van der Waals surface area (Å²) in [6, 6.07) is 5.27. The molecular formula is C21H32FN5O3. The number of anilines is 1. The molecule has 30 heavy (non-hydrogen) atoms. The third-order valence-corrected chi connectivity index (χ3v) is 5.62. The van der Waals surface area contributed by atoms with Crippen LogP contribution in [0.15, 0.2) is 23.2 Å². The minimum Gasteiger partial charge on any atom is -0.450 e. The maximum atomic E-state index is 14.5. The minimum atomic E-state index is -0.286. The first-order valence-corrected chi connectivity index (χ1v) is 10.7. The second kappa shape index (κ2) is 10.5. The molecule has 1 amide bonds. The van der Waals surface area contributed by atoms with Crippen molar-refractivity contribution in [2.45, 2.75) is 51.3 Å². The SMILES string of the molecule is CCOC(=O)N1CCC(NC(N)=NCc2ccc(N3CCC(O)CC3)c(F)c2)CC1. The summed E-state index contributed by atoms with van der Waals surface area (Å²) in [5.74, 6) is 0.0380. The van der Waals surface area contributed by atoms with Crippen molar-refractivity contribution in [3.8, 4) is 0 Å². The van der Waals surface area contributed by atoms with Crippen LogP contribution in [0.2, 0.25) is 0 Å². The zero-order valence-corrected chi connectivity index (χ0v) is 17.5. The Hall–Kier alpha value is -2.55. The van der Waals surface area contributed by atoms with Crippen LogP contribution in [-0.2, 0) is 11.3 Å². The molecular weight excluding hydrogens is 389 g/mol. The molecule has 2 heterocycles. The Morgan fingerprint density at radius 1 is 1.27 bits per heavy atom. The third-order valence-electron chi connectivity index (χ3n) is 5.62. The Morgan fingerprint density at radius 2 is 1.97 bits per heavy atom. The Morgan fingerprint density at radius 3 is 2.60 bits per heavy atom. The van der Waals surface area contributed by atoms with Crippen LogP contribution in [-0.4, -0.2) is 67.0 Å². The zero-order valence-electron chi connectivity index (χ0n) is 17.5. The molecule has 2 fully saturated rings. The number of ether oxygens (including phenoxy) is 1. The summed E-state index contributed by atoms with van der Waals surface area (Å²) in [6.07, 6.45) is 2.29. The van der Waals surface area contributed by atoms with E-state index in [0.29, 0.717) is 57.3 Å². The minimum absolute atomic E-state index is 0.146. The molecule has 1 aromatic rings. The fraction of sp³-hybridized carbons (Fsp3) is 0.619. The van der Waals surface area contributed by atoms with Crippen molar-refractivity contribution >= 4 is 17.7 Å². The number of hydrogen-bond acceptors (Lipinski definition) is 5. The lowest BCUT2D eigenvalue weighted by Crippen LogP contribution is -2.48. The van der Waals surface area contributed by atoms with E-state index in [-0.39, 0.29) is 30.6 Å². The van der Waals surface area contributed by atoms with Gasteiger partial charge in [0, 0.05) is 32.2 Å². The summed E-state index contributed by atoms with van der Waals surface area (Å²) in [4.78, 5) is 19.7. The van der Waals surface area contributed by atoms with Crippen LogP contribution in [0.4, 0.5) is 14.9 Å². The predicted molar refractivity (Wildman–Crippen MR) is 114 cm³/mol. The highest BCUT2D eigenvalue weighted by molar-refractivity contribution is 5.78. The average molecular weight is 422 g/mol. The lowest BCUT2D eigenvalue weighted by atomic mass is 10.1. The zero-order chi connectivity index (χ0) is 21.5. The summed E-state index contributed by atoms with van der Waals surface area (Å²) in [5.41, 5.74) is 7.31. The fourth-order valence-corrected chi connectivity index (χ4v) is 3.86. The van der Waals surface area contributed by atoms with Gasteiger partial charge in [0.15, 0.2) is 5.96 Å². The number of halogens is 1. The predicted octanol–water partition coefficient (Wildman–Crippen LogP) is 1.81. The molecule has 166 valence electrons. The number of nitrogens with zero attached hydrogens (tertiary/aromatic N) is 3. The van der Waals surface area contributed by atoms with Crippen LogP contribution in [0.25, 0.3) is 0 Å². The average Bonchev–Trinajstić information content (AvgIpc) is 2.74. The van der Waals surface area contributed by atoms with Crippen molar-refractivity contribution in [1.82, 2.24) is 10.2 Å². The Labute approximate surface area is 176 Å². The van der Waals surface area contributed by atoms with Crippen LogP contribution < -0.4 is 16.0 Å². The number of aliphatic hydroxyl groups excluding tert-OH is 1. The van der Waals surface area contributed by atoms with Gasteiger partial charge in [-0.15, -0.1) is 0 Å². The number of guanidine groups is 1. The number of nitrogens with one attached hydrogen (secondary N) is 1. The maximum absolute atomic E-state index is 14.5. The first-order chi connectivity index (χ1) is 14.5. The number of benzene rings is 1. The van der Waals surface area contributed by atoms with E-state index in [1.165, 1.54) is 6.07 Å². The van der Waals surface area contributed by atoms with E-state index in [9.17, 15) is 14.3 Å². The molecule has 0 atom stereocenters. The van der Waals surface area contributed by atoms with Crippen LogP contribution in [0.5, 0.6) is 0 Å². The van der Waals surface area contributed by atoms with E-state index in [0.717, 1.165) is 18.4 Å². The van der Waals surface area contributed by atoms with E-state index in [1.807, 2.05) is 11.0 Å². The van der Waals surface area contributed by atoms with Crippen molar-refractivity contribution in [3.63, 3.8) is 0 Å². The van der Waals surface area contributed by atoms with Gasteiger partial charge in [0.1, 0.15) is 5.82 Å². The smallest absolute Gasteiger partial charge is 0.409 e. The van der Waals surface area contributed by atoms with Gasteiger partial charge in [-0.2, -0.15) is 0 Å². The summed E-state index contributed by atoms with van der Waals surface area (Å²) >= 11 is 0. The van der Waals surface area contributed by atoms with Gasteiger partial charge < -0.3 is 30.7 Å². The van der Waals surface area contributed by atoms with E-state index in [4.69, 9.17) is 10.5 Å². The van der Waals surface area contributed by atoms with Crippen molar-refractivity contribution in [3.05, 3.63) is 29.6 Å². The lowest BCUT2D eigenvalue weighted by Gasteiger charge is -2.32. The molecule has 2 aliphatic heterocycles. The Kier molecular flexibility index (Phi) is 7.73. The van der Waals surface area contributed by atoms with Crippen LogP contribution in [0, 0.1) is 5.82 Å². The van der Waals surface area contributed by atoms with E-state index in [2.05, 4.69) is 10.3 Å². The molecule has 0 spiro atoms. The maximum Gasteiger partial charge on any atom is 0.409 e. The van der Waals surface area contributed by atoms with Crippen molar-refractivity contribution in [1.29, 1.82) is 0 Å². The number of carbonyl (C=O) groups is 1. The summed E-state index contributed by atoms with van der Waals surface area (Å²) in [7, 11) is 0. The van der Waals surface area contributed by atoms with Crippen molar-refractivity contribution in [2.24, 2.45) is 10.7 Å². The van der Waals surface area contributed by atoms with Gasteiger partial charge in [0.2, 0.25) is 0 Å². The molecule has 4 N–H and O–H groups in total. The number of carbonyl (C=O) groups excluding carboxylic acids is 1. The van der Waals surface area contributed by atoms with Gasteiger partial charge in [0.25, 0.3) is 0 Å². The fourth-order valence-electron chi connectivity index (χ4n) is 3.86. The van der Waals surface area contributed by atoms with Gasteiger partial charge in [-0.25, -0.2) is 14.2 Å². The third kappa shape index (κ3) is 5.98. The number of aliphatic imine (C=N–C) groups is 1. The van der Waals surface area contributed by atoms with Gasteiger partial charge >= 0.3 is 6.09 Å². The largest absolute Gasteiger partial charge is 0.450 e. The van der Waals surface area contributed by atoms with Crippen LogP contribution in [0.3, 0.4) is 0 Å². The molecule has 0 aliphatic carbocycles. The topological polar surface area (TPSA) is 103 Å². The first kappa shape index (κ1) is 22.1. The van der Waals surface area contributed by atoms with E-state index in [1.54, 1.807) is 17.9 Å². The number of likely N-dealkylation sites (tertiary alicyclic amines) is 1. The molecule has 0 saturated carbocycles. The van der Waals surface area contributed by atoms with Gasteiger partial charge in [-0.05, 0) is 50.3 Å². The van der Waals surface area contributed by atoms with Gasteiger partial charge in [0.05, 0.1) is 24.9 Å². The molecule has 1 aromatic carbocycles. The molecule has 2 saturated heterocycles. The lowest BCUT2D eigenvalue weighted by molar-refractivity contribution is 0.0963. The highest BCUT2D eigenvalue weighted by atomic mass is 19.1. The van der Waals surface area contributed by atoms with Crippen LogP contribution >= 0.6 is 0 Å². The quantitative estimate of drug-likeness (QED) is 0.495. The Balaban J connectivity index is 1.47. The van der Waals surface area contributed by atoms with Crippen molar-refractivity contribution < 1.29 is 19.0 Å². The summed E-state index contributed by atoms with van der Waals surface area (Å²) in [5, 5.41) is 12.8. The monoisotopic (exact) mass is 421 g/mol. The number of aliphatic hydroxyl groups is 1. The Bertz CT molecular complexity index is 744. The van der Waals surface area contributed by atoms with Crippen molar-refractivity contribution in [2.75, 3.05) is 37.7 Å². The van der Waals surface area contributed by atoms with E-state index >= 15 is 0 Å². The summed E-state index contributed by atoms with van der Waals surface area (Å²) in [6.45, 7) is 4.99. The molecule has 0 aromatic heterocycles.